The average molecular weight is 481 g/mol. The van der Waals surface area contributed by atoms with Crippen LogP contribution in [-0.4, -0.2) is 35.9 Å². The normalized spacial score (nSPS) is 10.5. The van der Waals surface area contributed by atoms with E-state index >= 15 is 0 Å². The quantitative estimate of drug-likeness (QED) is 0.342. The molecule has 0 fully saturated rings. The first-order chi connectivity index (χ1) is 16.7. The van der Waals surface area contributed by atoms with Crippen molar-refractivity contribution >= 4 is 11.9 Å². The van der Waals surface area contributed by atoms with Crippen molar-refractivity contribution in [2.24, 2.45) is 0 Å². The van der Waals surface area contributed by atoms with Gasteiger partial charge >= 0.3 is 11.9 Å². The van der Waals surface area contributed by atoms with Crippen molar-refractivity contribution in [3.05, 3.63) is 75.8 Å². The Morgan fingerprint density at radius 1 is 0.857 bits per heavy atom. The molecule has 0 radical (unpaired) electrons. The third-order valence-corrected chi connectivity index (χ3v) is 5.44. The Hall–Kier alpha value is -4.20. The van der Waals surface area contributed by atoms with Gasteiger partial charge in [-0.1, -0.05) is 12.1 Å². The van der Waals surface area contributed by atoms with Crippen LogP contribution in [0.4, 0.5) is 0 Å². The maximum absolute atomic E-state index is 12.9. The van der Waals surface area contributed by atoms with E-state index < -0.39 is 11.9 Å². The van der Waals surface area contributed by atoms with Crippen LogP contribution in [0.5, 0.6) is 28.7 Å². The van der Waals surface area contributed by atoms with Crippen LogP contribution in [0.3, 0.4) is 0 Å². The van der Waals surface area contributed by atoms with E-state index in [4.69, 9.17) is 18.9 Å². The van der Waals surface area contributed by atoms with Crippen molar-refractivity contribution in [3.63, 3.8) is 0 Å². The molecule has 3 aromatic carbocycles. The van der Waals surface area contributed by atoms with Crippen LogP contribution >= 0.6 is 0 Å². The van der Waals surface area contributed by atoms with Crippen LogP contribution in [0, 0.1) is 20.8 Å². The molecule has 8 nitrogen and oxygen atoms in total. The minimum absolute atomic E-state index is 0.000108. The molecule has 0 aliphatic heterocycles. The van der Waals surface area contributed by atoms with Gasteiger partial charge in [-0.05, 0) is 68.7 Å². The number of ether oxygens (including phenoxy) is 4. The summed E-state index contributed by atoms with van der Waals surface area (Å²) >= 11 is 0. The molecule has 35 heavy (non-hydrogen) atoms. The molecule has 0 bridgehead atoms. The molecule has 2 N–H and O–H groups in total. The topological polar surface area (TPSA) is 112 Å². The van der Waals surface area contributed by atoms with Crippen LogP contribution in [0.25, 0.3) is 0 Å². The minimum Gasteiger partial charge on any atom is -0.507 e. The molecular formula is C27H28O8. The van der Waals surface area contributed by atoms with Crippen molar-refractivity contribution in [1.82, 2.24) is 0 Å². The molecule has 0 atom stereocenters. The summed E-state index contributed by atoms with van der Waals surface area (Å²) in [6, 6.07) is 11.6. The van der Waals surface area contributed by atoms with E-state index in [9.17, 15) is 19.8 Å². The van der Waals surface area contributed by atoms with Gasteiger partial charge in [0, 0.05) is 11.6 Å². The zero-order valence-electron chi connectivity index (χ0n) is 20.3. The smallest absolute Gasteiger partial charge is 0.347 e. The summed E-state index contributed by atoms with van der Waals surface area (Å²) in [5, 5.41) is 21.0. The number of benzene rings is 3. The van der Waals surface area contributed by atoms with Crippen molar-refractivity contribution < 1.29 is 38.7 Å². The molecular weight excluding hydrogens is 452 g/mol. The summed E-state index contributed by atoms with van der Waals surface area (Å²) in [5.41, 5.74) is 2.10. The maximum Gasteiger partial charge on any atom is 0.347 e. The first-order valence-corrected chi connectivity index (χ1v) is 11.0. The number of esters is 2. The van der Waals surface area contributed by atoms with Gasteiger partial charge in [-0.3, -0.25) is 0 Å². The Balaban J connectivity index is 1.80. The molecule has 3 aromatic rings. The molecule has 3 rings (SSSR count). The minimum atomic E-state index is -0.813. The molecule has 0 saturated carbocycles. The number of hydrogen-bond acceptors (Lipinski definition) is 8. The fourth-order valence-electron chi connectivity index (χ4n) is 3.58. The Kier molecular flexibility index (Phi) is 7.86. The summed E-state index contributed by atoms with van der Waals surface area (Å²) in [6.07, 6.45) is 0. The van der Waals surface area contributed by atoms with E-state index in [2.05, 4.69) is 0 Å². The highest BCUT2D eigenvalue weighted by Gasteiger charge is 2.23. The lowest BCUT2D eigenvalue weighted by Gasteiger charge is -2.16. The van der Waals surface area contributed by atoms with Crippen LogP contribution in [-0.2, 0) is 11.3 Å². The zero-order chi connectivity index (χ0) is 25.7. The van der Waals surface area contributed by atoms with Crippen molar-refractivity contribution in [3.8, 4) is 28.7 Å². The van der Waals surface area contributed by atoms with Gasteiger partial charge in [0.1, 0.15) is 46.5 Å². The Bertz CT molecular complexity index is 1220. The first kappa shape index (κ1) is 25.4. The summed E-state index contributed by atoms with van der Waals surface area (Å²) in [7, 11) is 1.59. The van der Waals surface area contributed by atoms with Gasteiger partial charge in [0.05, 0.1) is 13.7 Å². The largest absolute Gasteiger partial charge is 0.507 e. The molecule has 8 heteroatoms. The molecule has 184 valence electrons. The molecule has 0 amide bonds. The molecule has 0 heterocycles. The monoisotopic (exact) mass is 480 g/mol. The third-order valence-electron chi connectivity index (χ3n) is 5.44. The molecule has 0 unspecified atom stereocenters. The summed E-state index contributed by atoms with van der Waals surface area (Å²) < 4.78 is 21.4. The average Bonchev–Trinajstić information content (AvgIpc) is 2.80. The van der Waals surface area contributed by atoms with Crippen LogP contribution in [0.2, 0.25) is 0 Å². The number of carbonyl (C=O) groups excluding carboxylic acids is 2. The van der Waals surface area contributed by atoms with Crippen LogP contribution in [0.1, 0.15) is 49.9 Å². The van der Waals surface area contributed by atoms with E-state index in [0.717, 1.165) is 17.4 Å². The summed E-state index contributed by atoms with van der Waals surface area (Å²) in [6.45, 7) is 6.96. The SMILES string of the molecule is CCOC(=O)c1c(C)cc(OC(=O)c2c(C)cc(OCc3ccc(OC)cc3)c(C)c2O)cc1O. The van der Waals surface area contributed by atoms with E-state index in [1.165, 1.54) is 6.07 Å². The number of methoxy groups -OCH3 is 1. The molecule has 0 aliphatic rings. The molecule has 0 saturated heterocycles. The summed E-state index contributed by atoms with van der Waals surface area (Å²) in [5.74, 6) is -0.925. The lowest BCUT2D eigenvalue weighted by Crippen LogP contribution is -2.13. The molecule has 0 aliphatic carbocycles. The number of hydrogen-bond donors (Lipinski definition) is 2. The van der Waals surface area contributed by atoms with E-state index in [1.807, 2.05) is 24.3 Å². The van der Waals surface area contributed by atoms with Gasteiger partial charge in [-0.15, -0.1) is 0 Å². The first-order valence-electron chi connectivity index (χ1n) is 11.0. The lowest BCUT2D eigenvalue weighted by molar-refractivity contribution is 0.0522. The Morgan fingerprint density at radius 2 is 1.51 bits per heavy atom. The van der Waals surface area contributed by atoms with Crippen LogP contribution in [0.15, 0.2) is 42.5 Å². The number of rotatable bonds is 8. The van der Waals surface area contributed by atoms with E-state index in [0.29, 0.717) is 22.4 Å². The van der Waals surface area contributed by atoms with Gasteiger partial charge in [-0.2, -0.15) is 0 Å². The third kappa shape index (κ3) is 5.66. The van der Waals surface area contributed by atoms with E-state index in [1.54, 1.807) is 40.9 Å². The van der Waals surface area contributed by atoms with Crippen molar-refractivity contribution in [2.45, 2.75) is 34.3 Å². The van der Waals surface area contributed by atoms with Gasteiger partial charge < -0.3 is 29.2 Å². The van der Waals surface area contributed by atoms with Gasteiger partial charge in [0.25, 0.3) is 0 Å². The predicted octanol–water partition coefficient (Wildman–Crippen LogP) is 5.01. The Labute approximate surface area is 203 Å². The highest BCUT2D eigenvalue weighted by molar-refractivity contribution is 5.97. The fraction of sp³-hybridized carbons (Fsp3) is 0.259. The second kappa shape index (κ2) is 10.8. The number of aryl methyl sites for hydroxylation is 2. The second-order valence-electron chi connectivity index (χ2n) is 7.92. The highest BCUT2D eigenvalue weighted by Crippen LogP contribution is 2.35. The van der Waals surface area contributed by atoms with Gasteiger partial charge in [0.15, 0.2) is 0 Å². The number of carbonyl (C=O) groups is 2. The predicted molar refractivity (Wildman–Crippen MR) is 129 cm³/mol. The number of aromatic hydroxyl groups is 2. The van der Waals surface area contributed by atoms with Crippen molar-refractivity contribution in [2.75, 3.05) is 13.7 Å². The zero-order valence-corrected chi connectivity index (χ0v) is 20.3. The molecule has 0 aromatic heterocycles. The second-order valence-corrected chi connectivity index (χ2v) is 7.92. The lowest BCUT2D eigenvalue weighted by atomic mass is 10.0. The summed E-state index contributed by atoms with van der Waals surface area (Å²) in [4.78, 5) is 24.9. The van der Waals surface area contributed by atoms with Gasteiger partial charge in [0.2, 0.25) is 0 Å². The standard InChI is InChI=1S/C27H28O8/c1-6-33-26(30)23-15(2)11-20(13-21(23)28)35-27(31)24-16(3)12-22(17(4)25(24)29)34-14-18-7-9-19(32-5)10-8-18/h7-13,28-29H,6,14H2,1-5H3. The van der Waals surface area contributed by atoms with Crippen molar-refractivity contribution in [1.29, 1.82) is 0 Å². The molecule has 0 spiro atoms. The Morgan fingerprint density at radius 3 is 2.11 bits per heavy atom. The van der Waals surface area contributed by atoms with Gasteiger partial charge in [-0.25, -0.2) is 9.59 Å². The highest BCUT2D eigenvalue weighted by atomic mass is 16.5. The van der Waals surface area contributed by atoms with Crippen LogP contribution < -0.4 is 14.2 Å². The fourth-order valence-corrected chi connectivity index (χ4v) is 3.58. The number of phenolic OH excluding ortho intramolecular Hbond substituents is 2. The number of phenols is 2. The van der Waals surface area contributed by atoms with E-state index in [-0.39, 0.29) is 41.6 Å². The maximum atomic E-state index is 12.9.